The van der Waals surface area contributed by atoms with Gasteiger partial charge >= 0.3 is 0 Å². The van der Waals surface area contributed by atoms with Crippen LogP contribution >= 0.6 is 15.9 Å². The molecule has 0 aliphatic carbocycles. The molecule has 2 rings (SSSR count). The molecule has 1 amide bonds. The minimum absolute atomic E-state index is 0.403. The van der Waals surface area contributed by atoms with Crippen molar-refractivity contribution in [3.63, 3.8) is 0 Å². The maximum absolute atomic E-state index is 8.94. The lowest BCUT2D eigenvalue weighted by Gasteiger charge is -1.97. The Balaban J connectivity index is 0.000000245. The van der Waals surface area contributed by atoms with Gasteiger partial charge in [0.15, 0.2) is 0 Å². The Kier molecular flexibility index (Phi) is 4.80. The molecule has 0 radical (unpaired) electrons. The molecule has 0 fully saturated rings. The number of rotatable bonds is 1. The van der Waals surface area contributed by atoms with Crippen molar-refractivity contribution >= 4 is 33.1 Å². The highest BCUT2D eigenvalue weighted by molar-refractivity contribution is 9.10. The van der Waals surface area contributed by atoms with Crippen LogP contribution in [0.15, 0.2) is 46.9 Å². The Bertz CT molecular complexity index is 440. The van der Waals surface area contributed by atoms with E-state index in [0.717, 1.165) is 4.47 Å². The van der Waals surface area contributed by atoms with E-state index in [0.29, 0.717) is 6.41 Å². The van der Waals surface area contributed by atoms with Gasteiger partial charge in [0.05, 0.1) is 0 Å². The summed E-state index contributed by atoms with van der Waals surface area (Å²) in [5.41, 5.74) is 1.75. The third-order valence-corrected chi connectivity index (χ3v) is 2.50. The summed E-state index contributed by atoms with van der Waals surface area (Å²) in [6.45, 7) is 0. The first kappa shape index (κ1) is 11.7. The second kappa shape index (κ2) is 6.16. The van der Waals surface area contributed by atoms with Gasteiger partial charge in [-0.3, -0.25) is 10.2 Å². The van der Waals surface area contributed by atoms with Crippen molar-refractivity contribution in [3.05, 3.63) is 46.9 Å². The third kappa shape index (κ3) is 3.34. The fraction of sp³-hybridized carbons (Fsp3) is 0. The molecule has 78 valence electrons. The van der Waals surface area contributed by atoms with Gasteiger partial charge in [0.1, 0.15) is 0 Å². The number of nitrogens with two attached hydrogens (primary N) is 1. The zero-order valence-electron chi connectivity index (χ0n) is 7.98. The molecule has 2 aromatic carbocycles. The van der Waals surface area contributed by atoms with E-state index in [4.69, 9.17) is 4.79 Å². The number of hydrogen-bond acceptors (Lipinski definition) is 2. The van der Waals surface area contributed by atoms with Crippen LogP contribution in [0.3, 0.4) is 0 Å². The SMILES string of the molecule is Brc1cccc2ccccc12.NNC=O. The topological polar surface area (TPSA) is 55.1 Å². The normalized spacial score (nSPS) is 8.93. The first-order chi connectivity index (χ1) is 7.29. The van der Waals surface area contributed by atoms with Gasteiger partial charge in [0.2, 0.25) is 6.41 Å². The van der Waals surface area contributed by atoms with Gasteiger partial charge in [-0.2, -0.15) is 0 Å². The second-order valence-corrected chi connectivity index (χ2v) is 3.60. The average molecular weight is 267 g/mol. The molecule has 2 aromatic rings. The molecule has 0 bridgehead atoms. The molecule has 0 unspecified atom stereocenters. The number of fused-ring (bicyclic) bond motifs is 1. The van der Waals surface area contributed by atoms with Gasteiger partial charge in [-0.05, 0) is 16.8 Å². The Labute approximate surface area is 96.4 Å². The van der Waals surface area contributed by atoms with Crippen molar-refractivity contribution in [1.29, 1.82) is 0 Å². The lowest BCUT2D eigenvalue weighted by atomic mass is 10.1. The first-order valence-corrected chi connectivity index (χ1v) is 5.12. The molecule has 0 aliphatic rings. The Morgan fingerprint density at radius 2 is 1.73 bits per heavy atom. The van der Waals surface area contributed by atoms with Crippen LogP contribution in [0.4, 0.5) is 0 Å². The zero-order valence-corrected chi connectivity index (χ0v) is 9.57. The average Bonchev–Trinajstić information content (AvgIpc) is 2.30. The highest BCUT2D eigenvalue weighted by atomic mass is 79.9. The number of hydrazine groups is 1. The first-order valence-electron chi connectivity index (χ1n) is 4.32. The fourth-order valence-corrected chi connectivity index (χ4v) is 1.70. The van der Waals surface area contributed by atoms with Crippen LogP contribution in [0, 0.1) is 0 Å². The summed E-state index contributed by atoms with van der Waals surface area (Å²) in [7, 11) is 0. The van der Waals surface area contributed by atoms with E-state index in [1.54, 1.807) is 5.43 Å². The van der Waals surface area contributed by atoms with Gasteiger partial charge < -0.3 is 0 Å². The number of amides is 1. The van der Waals surface area contributed by atoms with Crippen molar-refractivity contribution in [2.45, 2.75) is 0 Å². The molecule has 0 spiro atoms. The monoisotopic (exact) mass is 266 g/mol. The van der Waals surface area contributed by atoms with Gasteiger partial charge in [-0.15, -0.1) is 0 Å². The summed E-state index contributed by atoms with van der Waals surface area (Å²) in [6.07, 6.45) is 0.403. The van der Waals surface area contributed by atoms with E-state index < -0.39 is 0 Å². The van der Waals surface area contributed by atoms with Crippen LogP contribution in [-0.4, -0.2) is 6.41 Å². The van der Waals surface area contributed by atoms with Crippen LogP contribution in [0.25, 0.3) is 10.8 Å². The van der Waals surface area contributed by atoms with Crippen molar-refractivity contribution in [1.82, 2.24) is 5.43 Å². The lowest BCUT2D eigenvalue weighted by molar-refractivity contribution is -0.109. The molecule has 3 nitrogen and oxygen atoms in total. The van der Waals surface area contributed by atoms with Gasteiger partial charge in [0.25, 0.3) is 0 Å². The number of carbonyl (C=O) groups excluding carboxylic acids is 1. The third-order valence-electron chi connectivity index (χ3n) is 1.80. The molecule has 0 atom stereocenters. The summed E-state index contributed by atoms with van der Waals surface area (Å²) in [5, 5.41) is 2.55. The quantitative estimate of drug-likeness (QED) is 0.360. The highest BCUT2D eigenvalue weighted by Gasteiger charge is 1.93. The standard InChI is InChI=1S/C10H7Br.CH4N2O/c11-10-7-3-5-8-4-1-2-6-9(8)10;2-3-1-4/h1-7H;1H,2H2,(H,3,4). The minimum Gasteiger partial charge on any atom is -0.297 e. The summed E-state index contributed by atoms with van der Waals surface area (Å²) in [5.74, 6) is 4.41. The van der Waals surface area contributed by atoms with Crippen molar-refractivity contribution < 1.29 is 4.79 Å². The molecule has 15 heavy (non-hydrogen) atoms. The second-order valence-electron chi connectivity index (χ2n) is 2.75. The van der Waals surface area contributed by atoms with E-state index in [1.165, 1.54) is 10.8 Å². The molecule has 3 N–H and O–H groups in total. The van der Waals surface area contributed by atoms with E-state index >= 15 is 0 Å². The number of hydrogen-bond donors (Lipinski definition) is 2. The smallest absolute Gasteiger partial charge is 0.221 e. The number of benzene rings is 2. The summed E-state index contributed by atoms with van der Waals surface area (Å²) >= 11 is 3.50. The molecular formula is C11H11BrN2O. The molecule has 0 heterocycles. The van der Waals surface area contributed by atoms with E-state index in [9.17, 15) is 0 Å². The Morgan fingerprint density at radius 1 is 1.13 bits per heavy atom. The van der Waals surface area contributed by atoms with Gasteiger partial charge in [0, 0.05) is 4.47 Å². The summed E-state index contributed by atoms with van der Waals surface area (Å²) in [6, 6.07) is 14.5. The van der Waals surface area contributed by atoms with Crippen LogP contribution in [-0.2, 0) is 4.79 Å². The van der Waals surface area contributed by atoms with E-state index in [-0.39, 0.29) is 0 Å². The summed E-state index contributed by atoms with van der Waals surface area (Å²) in [4.78, 5) is 8.94. The lowest BCUT2D eigenvalue weighted by Crippen LogP contribution is -2.18. The van der Waals surface area contributed by atoms with Crippen LogP contribution in [0.1, 0.15) is 0 Å². The maximum atomic E-state index is 8.94. The minimum atomic E-state index is 0.403. The number of halogens is 1. The highest BCUT2D eigenvalue weighted by Crippen LogP contribution is 2.22. The van der Waals surface area contributed by atoms with Crippen LogP contribution in [0.5, 0.6) is 0 Å². The van der Waals surface area contributed by atoms with Crippen molar-refractivity contribution in [2.75, 3.05) is 0 Å². The van der Waals surface area contributed by atoms with Crippen molar-refractivity contribution in [2.24, 2.45) is 5.84 Å². The maximum Gasteiger partial charge on any atom is 0.221 e. The zero-order chi connectivity index (χ0) is 11.1. The van der Waals surface area contributed by atoms with E-state index in [1.807, 2.05) is 12.1 Å². The van der Waals surface area contributed by atoms with E-state index in [2.05, 4.69) is 52.1 Å². The van der Waals surface area contributed by atoms with Crippen molar-refractivity contribution in [3.8, 4) is 0 Å². The predicted octanol–water partition coefficient (Wildman–Crippen LogP) is 2.21. The molecule has 0 saturated heterocycles. The number of carbonyl (C=O) groups is 1. The number of nitrogens with one attached hydrogen (secondary N) is 1. The Hall–Kier alpha value is -1.39. The predicted molar refractivity (Wildman–Crippen MR) is 65.0 cm³/mol. The van der Waals surface area contributed by atoms with Crippen LogP contribution < -0.4 is 11.3 Å². The fourth-order valence-electron chi connectivity index (χ4n) is 1.19. The molecular weight excluding hydrogens is 256 g/mol. The molecule has 0 aliphatic heterocycles. The molecule has 0 aromatic heterocycles. The van der Waals surface area contributed by atoms with Gasteiger partial charge in [-0.1, -0.05) is 52.3 Å². The van der Waals surface area contributed by atoms with Gasteiger partial charge in [-0.25, -0.2) is 5.84 Å². The molecule has 4 heteroatoms. The Morgan fingerprint density at radius 3 is 2.33 bits per heavy atom. The largest absolute Gasteiger partial charge is 0.297 e. The molecule has 0 saturated carbocycles. The summed E-state index contributed by atoms with van der Waals surface area (Å²) < 4.78 is 1.16. The van der Waals surface area contributed by atoms with Crippen LogP contribution in [0.2, 0.25) is 0 Å².